The van der Waals surface area contributed by atoms with Gasteiger partial charge in [0.25, 0.3) is 9.84 Å². The molecule has 1 amide bonds. The summed E-state index contributed by atoms with van der Waals surface area (Å²) in [6, 6.07) is 7.39. The van der Waals surface area contributed by atoms with Crippen LogP contribution >= 0.6 is 0 Å². The molecule has 9 atom stereocenters. The molecule has 0 radical (unpaired) electrons. The van der Waals surface area contributed by atoms with Crippen molar-refractivity contribution in [1.82, 2.24) is 10.5 Å². The van der Waals surface area contributed by atoms with Crippen LogP contribution in [0.2, 0.25) is 0 Å². The minimum atomic E-state index is -4.26. The summed E-state index contributed by atoms with van der Waals surface area (Å²) in [6.45, 7) is 15.5. The molecule has 13 heteroatoms. The van der Waals surface area contributed by atoms with Gasteiger partial charge in [-0.3, -0.25) is 19.0 Å². The summed E-state index contributed by atoms with van der Waals surface area (Å²) in [5, 5.41) is 28.8. The number of sulfone groups is 1. The molecule has 5 aliphatic carbocycles. The molecule has 0 aliphatic heterocycles. The summed E-state index contributed by atoms with van der Waals surface area (Å²) in [6.07, 6.45) is 9.58. The summed E-state index contributed by atoms with van der Waals surface area (Å²) in [5.41, 5.74) is -0.400. The first-order valence-corrected chi connectivity index (χ1v) is 21.9. The van der Waals surface area contributed by atoms with E-state index in [1.807, 2.05) is 13.0 Å². The van der Waals surface area contributed by atoms with Gasteiger partial charge in [0.15, 0.2) is 11.6 Å². The minimum Gasteiger partial charge on any atom is -0.454 e. The number of aliphatic hydroxyl groups is 1. The lowest BCUT2D eigenvalue weighted by Crippen LogP contribution is -2.66. The van der Waals surface area contributed by atoms with Gasteiger partial charge in [0.05, 0.1) is 29.3 Å². The number of allylic oxidation sites excluding steroid dienone is 2. The number of aromatic nitrogens is 2. The second-order valence-electron chi connectivity index (χ2n) is 19.7. The summed E-state index contributed by atoms with van der Waals surface area (Å²) in [4.78, 5) is 41.2. The van der Waals surface area contributed by atoms with Crippen molar-refractivity contribution in [2.45, 2.75) is 135 Å². The molecule has 2 N–H and O–H groups in total. The lowest BCUT2D eigenvalue weighted by molar-refractivity contribution is -0.832. The number of aliphatic hydroxyl groups excluding tert-OH is 1. The number of carbonyl (C=O) groups excluding carboxylic acids is 3. The van der Waals surface area contributed by atoms with E-state index in [2.05, 4.69) is 56.6 Å². The highest BCUT2D eigenvalue weighted by molar-refractivity contribution is 7.91. The molecule has 2 aromatic rings. The highest BCUT2D eigenvalue weighted by Gasteiger charge is 2.70. The Morgan fingerprint density at radius 2 is 1.70 bits per heavy atom. The Bertz CT molecular complexity index is 2050. The molecule has 1 aromatic carbocycles. The first kappa shape index (κ1) is 40.6. The average Bonchev–Trinajstić information content (AvgIpc) is 3.53. The molecule has 4 saturated carbocycles. The van der Waals surface area contributed by atoms with Crippen LogP contribution in [-0.4, -0.2) is 55.4 Å². The number of nitrogens with one attached hydrogen (secondary N) is 1. The van der Waals surface area contributed by atoms with E-state index in [-0.39, 0.29) is 104 Å². The topological polar surface area (TPSA) is 180 Å². The summed E-state index contributed by atoms with van der Waals surface area (Å²) in [7, 11) is -4.26. The van der Waals surface area contributed by atoms with Crippen LogP contribution in [0.15, 0.2) is 56.5 Å². The van der Waals surface area contributed by atoms with E-state index in [0.717, 1.165) is 38.5 Å². The van der Waals surface area contributed by atoms with Gasteiger partial charge in [0.2, 0.25) is 5.91 Å². The second kappa shape index (κ2) is 13.8. The number of ether oxygens (including phenoxy) is 1. The number of carbonyl (C=O) groups is 3. The van der Waals surface area contributed by atoms with Crippen LogP contribution in [0, 0.1) is 55.5 Å². The van der Waals surface area contributed by atoms with Gasteiger partial charge >= 0.3 is 10.9 Å². The number of hydrogen-bond acceptors (Lipinski definition) is 10. The van der Waals surface area contributed by atoms with Crippen molar-refractivity contribution in [3.05, 3.63) is 47.2 Å². The number of Topliss-reactive ketones (excluding diaryl/α,β-unsaturated/α-hetero) is 1. The number of fused-ring (bicyclic) bond motifs is 7. The van der Waals surface area contributed by atoms with E-state index < -0.39 is 26.2 Å². The van der Waals surface area contributed by atoms with Gasteiger partial charge in [-0.15, -0.1) is 0 Å². The van der Waals surface area contributed by atoms with Crippen molar-refractivity contribution in [1.29, 1.82) is 0 Å². The van der Waals surface area contributed by atoms with E-state index in [9.17, 15) is 33.1 Å². The van der Waals surface area contributed by atoms with Gasteiger partial charge in [-0.2, -0.15) is 0 Å². The number of nitrogens with zero attached hydrogens (tertiary/aromatic N) is 2. The van der Waals surface area contributed by atoms with E-state index in [0.29, 0.717) is 19.3 Å². The van der Waals surface area contributed by atoms with Crippen LogP contribution in [0.1, 0.15) is 119 Å². The number of rotatable bonds is 10. The van der Waals surface area contributed by atoms with Crippen molar-refractivity contribution < 1.29 is 42.2 Å². The van der Waals surface area contributed by atoms with E-state index in [1.165, 1.54) is 29.8 Å². The third kappa shape index (κ3) is 6.16. The number of amides is 1. The summed E-state index contributed by atoms with van der Waals surface area (Å²) in [5.74, 6) is -0.431. The first-order valence-electron chi connectivity index (χ1n) is 20.4. The van der Waals surface area contributed by atoms with Crippen molar-refractivity contribution in [3.8, 4) is 5.88 Å². The predicted molar refractivity (Wildman–Crippen MR) is 206 cm³/mol. The van der Waals surface area contributed by atoms with Crippen LogP contribution in [0.3, 0.4) is 0 Å². The second-order valence-corrected chi connectivity index (χ2v) is 21.5. The van der Waals surface area contributed by atoms with E-state index in [4.69, 9.17) is 4.74 Å². The molecule has 12 nitrogen and oxygen atoms in total. The molecule has 306 valence electrons. The van der Waals surface area contributed by atoms with Crippen molar-refractivity contribution in [3.63, 3.8) is 0 Å². The Kier molecular flexibility index (Phi) is 9.99. The van der Waals surface area contributed by atoms with Crippen LogP contribution in [0.25, 0.3) is 0 Å². The average molecular weight is 794 g/mol. The fourth-order valence-electron chi connectivity index (χ4n) is 12.5. The third-order valence-corrected chi connectivity index (χ3v) is 18.0. The maximum atomic E-state index is 14.6. The highest BCUT2D eigenvalue weighted by atomic mass is 32.2. The quantitative estimate of drug-likeness (QED) is 0.204. The van der Waals surface area contributed by atoms with Gasteiger partial charge in [-0.25, -0.2) is 8.42 Å². The normalized spacial score (nSPS) is 37.6. The number of ketones is 2. The zero-order chi connectivity index (χ0) is 40.7. The molecule has 1 aromatic heterocycles. The smallest absolute Gasteiger partial charge is 0.414 e. The molecule has 7 rings (SSSR count). The summed E-state index contributed by atoms with van der Waals surface area (Å²) < 4.78 is 36.0. The molecule has 4 fully saturated rings. The molecule has 0 bridgehead atoms. The molecular weight excluding hydrogens is 735 g/mol. The predicted octanol–water partition coefficient (Wildman–Crippen LogP) is 6.33. The molecule has 0 unspecified atom stereocenters. The maximum Gasteiger partial charge on any atom is 0.414 e. The van der Waals surface area contributed by atoms with Gasteiger partial charge < -0.3 is 20.4 Å². The van der Waals surface area contributed by atoms with Gasteiger partial charge in [0, 0.05) is 17.8 Å². The van der Waals surface area contributed by atoms with Crippen molar-refractivity contribution in [2.75, 3.05) is 13.2 Å². The zero-order valence-electron chi connectivity index (χ0n) is 34.0. The van der Waals surface area contributed by atoms with E-state index >= 15 is 0 Å². The molecular formula is C43H59N3O9S. The largest absolute Gasteiger partial charge is 0.454 e. The van der Waals surface area contributed by atoms with Crippen LogP contribution < -0.4 is 15.0 Å². The molecule has 56 heavy (non-hydrogen) atoms. The lowest BCUT2D eigenvalue weighted by atomic mass is 9.33. The Balaban J connectivity index is 0.997. The van der Waals surface area contributed by atoms with E-state index in [1.54, 1.807) is 6.07 Å². The van der Waals surface area contributed by atoms with Crippen LogP contribution in [0.4, 0.5) is 0 Å². The lowest BCUT2D eigenvalue weighted by Gasteiger charge is -2.70. The standard InChI is InChI=1S/C43H59N3O9S/c1-38(2)32-15-18-43(7)34(41(32,5)17-16-33(38)49)31(48)24-29-30-25-40(4,20-19-39(30,3)21-22-42(29,43)6)37(50)44-26-27(47)12-11-23-54-35-36(46(51)55-45-35)56(52,53)28-13-9-8-10-14-28/h8-10,13-14,24,30,32-34,49H,11-12,15-23,25-26H2,1-7H3,(H,44,50)/t30-,32-,33-,34+,39+,40-,41-,42+,43+/m0/s1. The SMILES string of the molecule is CC1(C)[C@@H](O)CC[C@]2(C)[C@H]3C(=O)C=C4[C@@H]5C[C@@](C)(C(=O)NCC(=O)CCCOc6no[n+]([O-])c6S(=O)(=O)c6ccccc6)CC[C@]5(C)CC[C@@]4(C)[C@]3(C)CC[C@@H]12. The molecule has 0 saturated heterocycles. The van der Waals surface area contributed by atoms with Crippen molar-refractivity contribution >= 4 is 27.3 Å². The Morgan fingerprint density at radius 1 is 1.00 bits per heavy atom. The fourth-order valence-corrected chi connectivity index (χ4v) is 13.8. The minimum absolute atomic E-state index is 0.0298. The molecule has 0 spiro atoms. The monoisotopic (exact) mass is 793 g/mol. The van der Waals surface area contributed by atoms with Gasteiger partial charge in [-0.1, -0.05) is 72.2 Å². The van der Waals surface area contributed by atoms with Crippen molar-refractivity contribution in [2.24, 2.45) is 50.2 Å². The Morgan fingerprint density at radius 3 is 2.41 bits per heavy atom. The molecule has 1 heterocycles. The highest BCUT2D eigenvalue weighted by Crippen LogP contribution is 2.75. The van der Waals surface area contributed by atoms with Gasteiger partial charge in [0.1, 0.15) is 0 Å². The zero-order valence-corrected chi connectivity index (χ0v) is 34.8. The van der Waals surface area contributed by atoms with Crippen LogP contribution in [0.5, 0.6) is 5.88 Å². The molecule has 5 aliphatic rings. The summed E-state index contributed by atoms with van der Waals surface area (Å²) >= 11 is 0. The number of hydrogen-bond donors (Lipinski definition) is 2. The van der Waals surface area contributed by atoms with Crippen LogP contribution in [-0.2, 0) is 24.2 Å². The first-order chi connectivity index (χ1) is 26.1. The van der Waals surface area contributed by atoms with Gasteiger partial charge in [-0.05, 0) is 126 Å². The Labute approximate surface area is 330 Å². The fraction of sp³-hybridized carbons (Fsp3) is 0.698. The third-order valence-electron chi connectivity index (χ3n) is 16.2. The Hall–Kier alpha value is -3.58. The maximum absolute atomic E-state index is 14.6. The number of benzene rings is 1.